The Labute approximate surface area is 129 Å². The monoisotopic (exact) mass is 300 g/mol. The molecule has 2 amide bonds. The molecule has 6 nitrogen and oxygen atoms in total. The summed E-state index contributed by atoms with van der Waals surface area (Å²) in [6, 6.07) is 6.17. The summed E-state index contributed by atoms with van der Waals surface area (Å²) in [7, 11) is 0. The SMILES string of the molecule is CCC(=O)Nc1ncn(Cc2cc(C)cc(C)c2)c1C(N)=O. The van der Waals surface area contributed by atoms with E-state index >= 15 is 0 Å². The van der Waals surface area contributed by atoms with Crippen LogP contribution in [0.5, 0.6) is 0 Å². The van der Waals surface area contributed by atoms with Crippen LogP contribution in [0.25, 0.3) is 0 Å². The van der Waals surface area contributed by atoms with Crippen LogP contribution in [0.1, 0.15) is 40.5 Å². The number of hydrogen-bond donors (Lipinski definition) is 2. The fourth-order valence-electron chi connectivity index (χ4n) is 2.43. The highest BCUT2D eigenvalue weighted by molar-refractivity contribution is 6.00. The van der Waals surface area contributed by atoms with Crippen LogP contribution >= 0.6 is 0 Å². The van der Waals surface area contributed by atoms with Crippen molar-refractivity contribution in [2.24, 2.45) is 5.73 Å². The first-order valence-corrected chi connectivity index (χ1v) is 7.12. The molecule has 0 aliphatic heterocycles. The van der Waals surface area contributed by atoms with E-state index in [1.165, 1.54) is 6.33 Å². The highest BCUT2D eigenvalue weighted by atomic mass is 16.2. The van der Waals surface area contributed by atoms with E-state index in [4.69, 9.17) is 5.73 Å². The Kier molecular flexibility index (Phi) is 4.60. The summed E-state index contributed by atoms with van der Waals surface area (Å²) in [5, 5.41) is 2.60. The summed E-state index contributed by atoms with van der Waals surface area (Å²) in [6.07, 6.45) is 1.82. The quantitative estimate of drug-likeness (QED) is 0.885. The van der Waals surface area contributed by atoms with Gasteiger partial charge >= 0.3 is 0 Å². The second-order valence-corrected chi connectivity index (χ2v) is 5.33. The Morgan fingerprint density at radius 3 is 2.41 bits per heavy atom. The minimum absolute atomic E-state index is 0.209. The molecule has 1 aromatic carbocycles. The molecular weight excluding hydrogens is 280 g/mol. The predicted octanol–water partition coefficient (Wildman–Crippen LogP) is 2.00. The van der Waals surface area contributed by atoms with Gasteiger partial charge in [0.25, 0.3) is 5.91 Å². The number of nitrogens with one attached hydrogen (secondary N) is 1. The number of anilines is 1. The van der Waals surface area contributed by atoms with E-state index in [0.717, 1.165) is 16.7 Å². The normalized spacial score (nSPS) is 10.5. The molecule has 3 N–H and O–H groups in total. The van der Waals surface area contributed by atoms with Crippen LogP contribution in [-0.4, -0.2) is 21.4 Å². The summed E-state index contributed by atoms with van der Waals surface area (Å²) in [4.78, 5) is 27.3. The number of aryl methyl sites for hydroxylation is 2. The molecule has 1 heterocycles. The molecule has 0 radical (unpaired) electrons. The second-order valence-electron chi connectivity index (χ2n) is 5.33. The predicted molar refractivity (Wildman–Crippen MR) is 84.7 cm³/mol. The van der Waals surface area contributed by atoms with Crippen molar-refractivity contribution in [3.63, 3.8) is 0 Å². The molecule has 1 aromatic heterocycles. The van der Waals surface area contributed by atoms with Crippen molar-refractivity contribution in [1.29, 1.82) is 0 Å². The largest absolute Gasteiger partial charge is 0.364 e. The number of carbonyl (C=O) groups excluding carboxylic acids is 2. The van der Waals surface area contributed by atoms with E-state index in [0.29, 0.717) is 13.0 Å². The molecule has 0 atom stereocenters. The summed E-state index contributed by atoms with van der Waals surface area (Å²) in [6.45, 7) is 6.24. The molecule has 22 heavy (non-hydrogen) atoms. The van der Waals surface area contributed by atoms with Gasteiger partial charge in [-0.25, -0.2) is 4.98 Å². The van der Waals surface area contributed by atoms with E-state index in [9.17, 15) is 9.59 Å². The average molecular weight is 300 g/mol. The lowest BCUT2D eigenvalue weighted by Gasteiger charge is -2.09. The summed E-state index contributed by atoms with van der Waals surface area (Å²) in [5.74, 6) is -0.615. The number of amides is 2. The van der Waals surface area contributed by atoms with Gasteiger partial charge in [0.2, 0.25) is 5.91 Å². The van der Waals surface area contributed by atoms with Crippen molar-refractivity contribution < 1.29 is 9.59 Å². The van der Waals surface area contributed by atoms with Crippen molar-refractivity contribution in [3.8, 4) is 0 Å². The zero-order chi connectivity index (χ0) is 16.3. The third kappa shape index (κ3) is 3.52. The van der Waals surface area contributed by atoms with Gasteiger partial charge in [-0.2, -0.15) is 0 Å². The van der Waals surface area contributed by atoms with E-state index in [1.807, 2.05) is 26.0 Å². The third-order valence-corrected chi connectivity index (χ3v) is 3.28. The fraction of sp³-hybridized carbons (Fsp3) is 0.312. The molecule has 6 heteroatoms. The van der Waals surface area contributed by atoms with Gasteiger partial charge in [-0.1, -0.05) is 36.2 Å². The van der Waals surface area contributed by atoms with Crippen molar-refractivity contribution in [1.82, 2.24) is 9.55 Å². The first kappa shape index (κ1) is 15.8. The number of hydrogen-bond acceptors (Lipinski definition) is 3. The molecule has 0 fully saturated rings. The van der Waals surface area contributed by atoms with Gasteiger partial charge in [0.15, 0.2) is 11.5 Å². The Hall–Kier alpha value is -2.63. The standard InChI is InChI=1S/C16H20N4O2/c1-4-13(21)19-16-14(15(17)22)20(9-18-16)8-12-6-10(2)5-11(3)7-12/h5-7,9H,4,8H2,1-3H3,(H2,17,22)(H,19,21). The molecule has 0 bridgehead atoms. The number of benzene rings is 1. The Balaban J connectivity index is 2.34. The first-order valence-electron chi connectivity index (χ1n) is 7.12. The second kappa shape index (κ2) is 6.43. The third-order valence-electron chi connectivity index (χ3n) is 3.28. The number of rotatable bonds is 5. The lowest BCUT2D eigenvalue weighted by Crippen LogP contribution is -2.21. The number of nitrogens with two attached hydrogens (primary N) is 1. The van der Waals surface area contributed by atoms with E-state index in [2.05, 4.69) is 16.4 Å². The van der Waals surface area contributed by atoms with Gasteiger partial charge in [0.05, 0.1) is 6.33 Å². The molecule has 0 saturated heterocycles. The average Bonchev–Trinajstić information content (AvgIpc) is 2.80. The lowest BCUT2D eigenvalue weighted by molar-refractivity contribution is -0.115. The lowest BCUT2D eigenvalue weighted by atomic mass is 10.1. The van der Waals surface area contributed by atoms with E-state index in [1.54, 1.807) is 11.5 Å². The molecular formula is C16H20N4O2. The van der Waals surface area contributed by atoms with Gasteiger partial charge in [-0.05, 0) is 19.4 Å². The van der Waals surface area contributed by atoms with Crippen LogP contribution < -0.4 is 11.1 Å². The van der Waals surface area contributed by atoms with Gasteiger partial charge in [0.1, 0.15) is 0 Å². The highest BCUT2D eigenvalue weighted by Crippen LogP contribution is 2.17. The topological polar surface area (TPSA) is 90.0 Å². The number of imidazole rings is 1. The molecule has 0 unspecified atom stereocenters. The molecule has 2 aromatic rings. The van der Waals surface area contributed by atoms with Crippen molar-refractivity contribution in [2.45, 2.75) is 33.7 Å². The van der Waals surface area contributed by atoms with Crippen LogP contribution in [-0.2, 0) is 11.3 Å². The van der Waals surface area contributed by atoms with Crippen LogP contribution in [0.2, 0.25) is 0 Å². The van der Waals surface area contributed by atoms with Crippen LogP contribution in [0.4, 0.5) is 5.82 Å². The molecule has 2 rings (SSSR count). The highest BCUT2D eigenvalue weighted by Gasteiger charge is 2.18. The van der Waals surface area contributed by atoms with Crippen LogP contribution in [0, 0.1) is 13.8 Å². The number of primary amides is 1. The zero-order valence-corrected chi connectivity index (χ0v) is 13.0. The Morgan fingerprint density at radius 2 is 1.86 bits per heavy atom. The molecule has 0 aliphatic carbocycles. The molecule has 0 saturated carbocycles. The van der Waals surface area contributed by atoms with Crippen molar-refractivity contribution in [3.05, 3.63) is 46.9 Å². The number of nitrogens with zero attached hydrogens (tertiary/aromatic N) is 2. The van der Waals surface area contributed by atoms with E-state index < -0.39 is 5.91 Å². The minimum atomic E-state index is -0.617. The Morgan fingerprint density at radius 1 is 1.23 bits per heavy atom. The van der Waals surface area contributed by atoms with Crippen molar-refractivity contribution in [2.75, 3.05) is 5.32 Å². The van der Waals surface area contributed by atoms with Crippen LogP contribution in [0.15, 0.2) is 24.5 Å². The zero-order valence-electron chi connectivity index (χ0n) is 13.0. The van der Waals surface area contributed by atoms with Gasteiger partial charge < -0.3 is 15.6 Å². The maximum atomic E-state index is 11.7. The number of aromatic nitrogens is 2. The number of carbonyl (C=O) groups is 2. The van der Waals surface area contributed by atoms with Gasteiger partial charge in [-0.15, -0.1) is 0 Å². The summed E-state index contributed by atoms with van der Waals surface area (Å²) >= 11 is 0. The first-order chi connectivity index (χ1) is 10.4. The summed E-state index contributed by atoms with van der Waals surface area (Å²) < 4.78 is 1.65. The molecule has 0 spiro atoms. The smallest absolute Gasteiger partial charge is 0.269 e. The molecule has 116 valence electrons. The maximum absolute atomic E-state index is 11.7. The summed E-state index contributed by atoms with van der Waals surface area (Å²) in [5.41, 5.74) is 8.99. The van der Waals surface area contributed by atoms with E-state index in [-0.39, 0.29) is 17.4 Å². The minimum Gasteiger partial charge on any atom is -0.364 e. The maximum Gasteiger partial charge on any atom is 0.269 e. The molecule has 0 aliphatic rings. The van der Waals surface area contributed by atoms with Gasteiger partial charge in [0, 0.05) is 13.0 Å². The fourth-order valence-corrected chi connectivity index (χ4v) is 2.43. The van der Waals surface area contributed by atoms with Gasteiger partial charge in [-0.3, -0.25) is 9.59 Å². The van der Waals surface area contributed by atoms with Crippen LogP contribution in [0.3, 0.4) is 0 Å². The van der Waals surface area contributed by atoms with Crippen molar-refractivity contribution >= 4 is 17.6 Å². The Bertz CT molecular complexity index is 699.